The molecular weight excluding hydrogens is 643 g/mol. The van der Waals surface area contributed by atoms with Crippen molar-refractivity contribution in [2.24, 2.45) is 0 Å². The SMILES string of the molecule is c1ccc2c(c1)cc(-c1nc(-n3c4ccccc4c4c5ccccc5c5c6ccccc6sc5c43)nc3ccccc13)c1oc3ccccc3c12. The van der Waals surface area contributed by atoms with E-state index in [1.54, 1.807) is 0 Å². The second-order valence-electron chi connectivity index (χ2n) is 13.3. The van der Waals surface area contributed by atoms with Crippen molar-refractivity contribution in [3.05, 3.63) is 152 Å². The van der Waals surface area contributed by atoms with Crippen LogP contribution < -0.4 is 0 Å². The fourth-order valence-electron chi connectivity index (χ4n) is 8.45. The number of nitrogens with zero attached hydrogens (tertiary/aromatic N) is 3. The van der Waals surface area contributed by atoms with E-state index in [4.69, 9.17) is 14.4 Å². The van der Waals surface area contributed by atoms with Gasteiger partial charge in [0.15, 0.2) is 0 Å². The van der Waals surface area contributed by atoms with Gasteiger partial charge in [-0.2, -0.15) is 0 Å². The van der Waals surface area contributed by atoms with Crippen LogP contribution in [0.3, 0.4) is 0 Å². The van der Waals surface area contributed by atoms with Gasteiger partial charge in [0.2, 0.25) is 5.95 Å². The Kier molecular flexibility index (Phi) is 5.35. The highest BCUT2D eigenvalue weighted by molar-refractivity contribution is 7.27. The molecule has 0 radical (unpaired) electrons. The average molecular weight is 668 g/mol. The summed E-state index contributed by atoms with van der Waals surface area (Å²) in [6.07, 6.45) is 0. The first kappa shape index (κ1) is 27.3. The van der Waals surface area contributed by atoms with Gasteiger partial charge in [-0.1, -0.05) is 121 Å². The van der Waals surface area contributed by atoms with Gasteiger partial charge in [0, 0.05) is 48.0 Å². The van der Waals surface area contributed by atoms with E-state index >= 15 is 0 Å². The third kappa shape index (κ3) is 3.63. The highest BCUT2D eigenvalue weighted by Crippen LogP contribution is 2.48. The smallest absolute Gasteiger partial charge is 0.235 e. The molecule has 8 aromatic carbocycles. The number of aromatic nitrogens is 3. The standard InChI is InChI=1S/C46H25N3OS/c1-2-14-27-26(13-1)25-34(44-40(27)32-19-7-11-23-37(32)50-44)42-30-17-5-9-21-35(30)47-46(48-42)49-36-22-10-6-18-31(36)39-28-15-3-4-16-29(28)41-33-20-8-12-24-38(33)51-45(41)43(39)49/h1-25H. The average Bonchev–Trinajstić information content (AvgIpc) is 3.88. The molecule has 0 aliphatic rings. The normalized spacial score (nSPS) is 12.3. The second-order valence-corrected chi connectivity index (χ2v) is 14.3. The van der Waals surface area contributed by atoms with E-state index in [2.05, 4.69) is 150 Å². The molecule has 12 aromatic rings. The van der Waals surface area contributed by atoms with Crippen molar-refractivity contribution in [2.45, 2.75) is 0 Å². The minimum absolute atomic E-state index is 0.640. The van der Waals surface area contributed by atoms with Crippen molar-refractivity contribution in [2.75, 3.05) is 0 Å². The Morgan fingerprint density at radius 2 is 1.16 bits per heavy atom. The molecule has 0 saturated carbocycles. The van der Waals surface area contributed by atoms with E-state index in [0.29, 0.717) is 5.95 Å². The molecule has 4 aromatic heterocycles. The van der Waals surface area contributed by atoms with E-state index in [-0.39, 0.29) is 0 Å². The zero-order valence-corrected chi connectivity index (χ0v) is 27.9. The van der Waals surface area contributed by atoms with Gasteiger partial charge in [-0.05, 0) is 51.9 Å². The van der Waals surface area contributed by atoms with Crippen LogP contribution in [0.5, 0.6) is 0 Å². The van der Waals surface area contributed by atoms with Crippen molar-refractivity contribution in [3.63, 3.8) is 0 Å². The lowest BCUT2D eigenvalue weighted by Crippen LogP contribution is -2.03. The molecule has 12 rings (SSSR count). The van der Waals surface area contributed by atoms with Crippen LogP contribution >= 0.6 is 11.3 Å². The lowest BCUT2D eigenvalue weighted by Gasteiger charge is -2.13. The third-order valence-corrected chi connectivity index (χ3v) is 11.7. The fraction of sp³-hybridized carbons (Fsp3) is 0. The van der Waals surface area contributed by atoms with Gasteiger partial charge in [-0.25, -0.2) is 9.97 Å². The molecule has 4 nitrogen and oxygen atoms in total. The summed E-state index contributed by atoms with van der Waals surface area (Å²) in [4.78, 5) is 10.9. The highest BCUT2D eigenvalue weighted by Gasteiger charge is 2.25. The molecule has 0 amide bonds. The number of hydrogen-bond donors (Lipinski definition) is 0. The fourth-order valence-corrected chi connectivity index (χ4v) is 9.71. The van der Waals surface area contributed by atoms with Crippen LogP contribution in [-0.4, -0.2) is 14.5 Å². The van der Waals surface area contributed by atoms with Gasteiger partial charge in [-0.3, -0.25) is 4.57 Å². The third-order valence-electron chi connectivity index (χ3n) is 10.6. The Labute approximate surface area is 294 Å². The molecule has 0 saturated heterocycles. The number of benzene rings is 8. The van der Waals surface area contributed by atoms with Crippen LogP contribution in [0.1, 0.15) is 0 Å². The zero-order chi connectivity index (χ0) is 33.2. The first-order chi connectivity index (χ1) is 25.3. The maximum Gasteiger partial charge on any atom is 0.235 e. The Balaban J connectivity index is 1.28. The van der Waals surface area contributed by atoms with E-state index in [9.17, 15) is 0 Å². The van der Waals surface area contributed by atoms with E-state index in [1.165, 1.54) is 47.1 Å². The summed E-state index contributed by atoms with van der Waals surface area (Å²) in [6, 6.07) is 53.8. The summed E-state index contributed by atoms with van der Waals surface area (Å²) in [5, 5.41) is 13.0. The van der Waals surface area contributed by atoms with Gasteiger partial charge in [0.1, 0.15) is 11.2 Å². The number of hydrogen-bond acceptors (Lipinski definition) is 4. The van der Waals surface area contributed by atoms with Gasteiger partial charge in [-0.15, -0.1) is 11.3 Å². The first-order valence-corrected chi connectivity index (χ1v) is 18.0. The van der Waals surface area contributed by atoms with Crippen molar-refractivity contribution in [1.82, 2.24) is 14.5 Å². The number of furan rings is 1. The van der Waals surface area contributed by atoms with Crippen LogP contribution in [-0.2, 0) is 0 Å². The minimum atomic E-state index is 0.640. The maximum absolute atomic E-state index is 6.74. The molecule has 0 fully saturated rings. The van der Waals surface area contributed by atoms with Gasteiger partial charge in [0.05, 0.1) is 26.9 Å². The molecule has 0 aliphatic carbocycles. The van der Waals surface area contributed by atoms with E-state index < -0.39 is 0 Å². The first-order valence-electron chi connectivity index (χ1n) is 17.2. The molecule has 236 valence electrons. The molecule has 0 atom stereocenters. The molecule has 0 spiro atoms. The van der Waals surface area contributed by atoms with Crippen molar-refractivity contribution in [3.8, 4) is 17.2 Å². The summed E-state index contributed by atoms with van der Waals surface area (Å²) in [7, 11) is 0. The molecule has 5 heteroatoms. The van der Waals surface area contributed by atoms with Gasteiger partial charge < -0.3 is 4.42 Å². The Hall–Kier alpha value is -6.56. The predicted molar refractivity (Wildman–Crippen MR) is 214 cm³/mol. The molecule has 0 N–H and O–H groups in total. The summed E-state index contributed by atoms with van der Waals surface area (Å²) >= 11 is 1.85. The van der Waals surface area contributed by atoms with Gasteiger partial charge >= 0.3 is 0 Å². The monoisotopic (exact) mass is 667 g/mol. The van der Waals surface area contributed by atoms with Crippen LogP contribution in [0, 0.1) is 0 Å². The Morgan fingerprint density at radius 1 is 0.510 bits per heavy atom. The van der Waals surface area contributed by atoms with Crippen molar-refractivity contribution in [1.29, 1.82) is 0 Å². The summed E-state index contributed by atoms with van der Waals surface area (Å²) in [5.74, 6) is 0.640. The molecule has 51 heavy (non-hydrogen) atoms. The van der Waals surface area contributed by atoms with Crippen LogP contribution in [0.15, 0.2) is 156 Å². The van der Waals surface area contributed by atoms with E-state index in [0.717, 1.165) is 60.5 Å². The topological polar surface area (TPSA) is 43.9 Å². The quantitative estimate of drug-likeness (QED) is 0.184. The predicted octanol–water partition coefficient (Wildman–Crippen LogP) is 13.0. The van der Waals surface area contributed by atoms with Crippen LogP contribution in [0.2, 0.25) is 0 Å². The minimum Gasteiger partial charge on any atom is -0.455 e. The number of rotatable bonds is 2. The maximum atomic E-state index is 6.74. The zero-order valence-electron chi connectivity index (χ0n) is 27.1. The van der Waals surface area contributed by atoms with E-state index in [1.807, 2.05) is 17.4 Å². The van der Waals surface area contributed by atoms with Crippen molar-refractivity contribution < 1.29 is 4.42 Å². The Morgan fingerprint density at radius 3 is 2.02 bits per heavy atom. The molecule has 0 aliphatic heterocycles. The van der Waals surface area contributed by atoms with Crippen molar-refractivity contribution >= 4 is 108 Å². The highest BCUT2D eigenvalue weighted by atomic mass is 32.1. The van der Waals surface area contributed by atoms with Crippen LogP contribution in [0.4, 0.5) is 0 Å². The Bertz CT molecular complexity index is 3440. The lowest BCUT2D eigenvalue weighted by atomic mass is 9.97. The number of fused-ring (bicyclic) bond motifs is 16. The molecule has 4 heterocycles. The lowest BCUT2D eigenvalue weighted by molar-refractivity contribution is 0.670. The number of para-hydroxylation sites is 3. The second kappa shape index (κ2) is 10.0. The largest absolute Gasteiger partial charge is 0.455 e. The molecule has 0 bridgehead atoms. The van der Waals surface area contributed by atoms with Crippen LogP contribution in [0.25, 0.3) is 114 Å². The summed E-state index contributed by atoms with van der Waals surface area (Å²) in [6.45, 7) is 0. The summed E-state index contributed by atoms with van der Waals surface area (Å²) < 4.78 is 11.6. The van der Waals surface area contributed by atoms with Gasteiger partial charge in [0.25, 0.3) is 0 Å². The molecular formula is C46H25N3OS. The number of thiophene rings is 1. The summed E-state index contributed by atoms with van der Waals surface area (Å²) in [5.41, 5.74) is 6.61. The molecule has 0 unspecified atom stereocenters.